The van der Waals surface area contributed by atoms with Crippen LogP contribution in [0, 0.1) is 0 Å². The zero-order chi connectivity index (χ0) is 14.7. The Morgan fingerprint density at radius 3 is 2.11 bits per heavy atom. The molecule has 2 unspecified atom stereocenters. The molecule has 0 aliphatic carbocycles. The second-order valence-corrected chi connectivity index (χ2v) is 6.03. The summed E-state index contributed by atoms with van der Waals surface area (Å²) in [5.41, 5.74) is 6.00. The number of nitrogens with two attached hydrogens (primary N) is 1. The number of hydrogen-bond acceptors (Lipinski definition) is 3. The van der Waals surface area contributed by atoms with Crippen molar-refractivity contribution in [2.24, 2.45) is 5.73 Å². The lowest BCUT2D eigenvalue weighted by atomic mass is 10.0. The molecule has 19 heavy (non-hydrogen) atoms. The lowest BCUT2D eigenvalue weighted by molar-refractivity contribution is 0.123. The number of rotatable bonds is 12. The Morgan fingerprint density at radius 2 is 1.63 bits per heavy atom. The minimum Gasteiger partial charge on any atom is -0.329 e. The first-order valence-corrected chi connectivity index (χ1v) is 8.17. The predicted octanol–water partition coefficient (Wildman–Crippen LogP) is 2.95. The SMILES string of the molecule is CCCCCCCC(CN)N(CC)C(C)CN(C)C. The van der Waals surface area contributed by atoms with E-state index in [-0.39, 0.29) is 0 Å². The van der Waals surface area contributed by atoms with Crippen LogP contribution in [0.1, 0.15) is 59.3 Å². The van der Waals surface area contributed by atoms with Crippen molar-refractivity contribution in [1.29, 1.82) is 0 Å². The Labute approximate surface area is 121 Å². The van der Waals surface area contributed by atoms with Crippen LogP contribution in [-0.2, 0) is 0 Å². The predicted molar refractivity (Wildman–Crippen MR) is 86.6 cm³/mol. The maximum Gasteiger partial charge on any atom is 0.0221 e. The molecule has 0 amide bonds. The minimum absolute atomic E-state index is 0.557. The summed E-state index contributed by atoms with van der Waals surface area (Å²) in [6.07, 6.45) is 8.03. The third kappa shape index (κ3) is 8.61. The first-order chi connectivity index (χ1) is 9.06. The van der Waals surface area contributed by atoms with Crippen molar-refractivity contribution in [3.63, 3.8) is 0 Å². The number of unbranched alkanes of at least 4 members (excludes halogenated alkanes) is 4. The highest BCUT2D eigenvalue weighted by molar-refractivity contribution is 4.78. The molecule has 0 fully saturated rings. The van der Waals surface area contributed by atoms with Crippen LogP contribution in [0.5, 0.6) is 0 Å². The Bertz CT molecular complexity index is 194. The normalized spacial score (nSPS) is 15.2. The van der Waals surface area contributed by atoms with Gasteiger partial charge in [0.05, 0.1) is 0 Å². The maximum atomic E-state index is 6.00. The van der Waals surface area contributed by atoms with Crippen LogP contribution in [-0.4, -0.2) is 55.6 Å². The van der Waals surface area contributed by atoms with E-state index in [1.165, 1.54) is 38.5 Å². The van der Waals surface area contributed by atoms with Crippen LogP contribution in [0.15, 0.2) is 0 Å². The summed E-state index contributed by atoms with van der Waals surface area (Å²) < 4.78 is 0. The molecule has 116 valence electrons. The lowest BCUT2D eigenvalue weighted by Crippen LogP contribution is -2.49. The monoisotopic (exact) mass is 271 g/mol. The largest absolute Gasteiger partial charge is 0.329 e. The molecule has 2 atom stereocenters. The maximum absolute atomic E-state index is 6.00. The van der Waals surface area contributed by atoms with Crippen molar-refractivity contribution in [1.82, 2.24) is 9.80 Å². The van der Waals surface area contributed by atoms with Crippen molar-refractivity contribution in [2.45, 2.75) is 71.4 Å². The summed E-state index contributed by atoms with van der Waals surface area (Å²) in [7, 11) is 4.29. The fraction of sp³-hybridized carbons (Fsp3) is 1.00. The van der Waals surface area contributed by atoms with Crippen LogP contribution in [0.2, 0.25) is 0 Å². The van der Waals surface area contributed by atoms with Gasteiger partial charge in [-0.25, -0.2) is 0 Å². The standard InChI is InChI=1S/C16H37N3/c1-6-8-9-10-11-12-16(13-17)19(7-2)15(3)14-18(4)5/h15-16H,6-14,17H2,1-5H3. The summed E-state index contributed by atoms with van der Waals surface area (Å²) in [6, 6.07) is 1.14. The molecule has 0 heterocycles. The zero-order valence-electron chi connectivity index (χ0n) is 14.0. The van der Waals surface area contributed by atoms with Gasteiger partial charge in [0.15, 0.2) is 0 Å². The molecule has 3 nitrogen and oxygen atoms in total. The van der Waals surface area contributed by atoms with Gasteiger partial charge in [-0.05, 0) is 34.0 Å². The molecule has 2 N–H and O–H groups in total. The van der Waals surface area contributed by atoms with Gasteiger partial charge in [-0.3, -0.25) is 4.90 Å². The Kier molecular flexibility index (Phi) is 11.6. The molecule has 0 radical (unpaired) electrons. The van der Waals surface area contributed by atoms with Crippen molar-refractivity contribution in [3.05, 3.63) is 0 Å². The summed E-state index contributed by atoms with van der Waals surface area (Å²) >= 11 is 0. The highest BCUT2D eigenvalue weighted by Crippen LogP contribution is 2.14. The zero-order valence-corrected chi connectivity index (χ0v) is 14.0. The molecule has 0 rings (SSSR count). The molecule has 0 saturated heterocycles. The van der Waals surface area contributed by atoms with Crippen molar-refractivity contribution < 1.29 is 0 Å². The highest BCUT2D eigenvalue weighted by Gasteiger charge is 2.20. The molecule has 0 saturated carbocycles. The van der Waals surface area contributed by atoms with E-state index in [1.54, 1.807) is 0 Å². The van der Waals surface area contributed by atoms with Crippen LogP contribution in [0.25, 0.3) is 0 Å². The van der Waals surface area contributed by atoms with Gasteiger partial charge in [-0.1, -0.05) is 46.0 Å². The van der Waals surface area contributed by atoms with E-state index in [0.717, 1.165) is 19.6 Å². The second-order valence-electron chi connectivity index (χ2n) is 6.03. The van der Waals surface area contributed by atoms with Gasteiger partial charge in [-0.15, -0.1) is 0 Å². The highest BCUT2D eigenvalue weighted by atomic mass is 15.2. The van der Waals surface area contributed by atoms with E-state index in [1.807, 2.05) is 0 Å². The smallest absolute Gasteiger partial charge is 0.0221 e. The van der Waals surface area contributed by atoms with Gasteiger partial charge >= 0.3 is 0 Å². The van der Waals surface area contributed by atoms with E-state index >= 15 is 0 Å². The second kappa shape index (κ2) is 11.7. The average molecular weight is 271 g/mol. The third-order valence-corrected chi connectivity index (χ3v) is 3.94. The molecule has 0 spiro atoms. The molecule has 0 aromatic rings. The van der Waals surface area contributed by atoms with Gasteiger partial charge in [0.2, 0.25) is 0 Å². The lowest BCUT2D eigenvalue weighted by Gasteiger charge is -2.36. The van der Waals surface area contributed by atoms with Crippen LogP contribution < -0.4 is 5.73 Å². The van der Waals surface area contributed by atoms with Crippen molar-refractivity contribution in [3.8, 4) is 0 Å². The van der Waals surface area contributed by atoms with E-state index in [4.69, 9.17) is 5.73 Å². The van der Waals surface area contributed by atoms with Crippen LogP contribution in [0.4, 0.5) is 0 Å². The molecule has 0 aliphatic heterocycles. The average Bonchev–Trinajstić information content (AvgIpc) is 2.36. The first-order valence-electron chi connectivity index (χ1n) is 8.17. The fourth-order valence-corrected chi connectivity index (χ4v) is 2.97. The van der Waals surface area contributed by atoms with Crippen LogP contribution >= 0.6 is 0 Å². The van der Waals surface area contributed by atoms with Gasteiger partial charge in [0.1, 0.15) is 0 Å². The Balaban J connectivity index is 4.13. The van der Waals surface area contributed by atoms with Gasteiger partial charge < -0.3 is 10.6 Å². The van der Waals surface area contributed by atoms with E-state index in [2.05, 4.69) is 44.7 Å². The summed E-state index contributed by atoms with van der Waals surface area (Å²) in [5.74, 6) is 0. The number of hydrogen-bond donors (Lipinski definition) is 1. The third-order valence-electron chi connectivity index (χ3n) is 3.94. The summed E-state index contributed by atoms with van der Waals surface area (Å²) in [5, 5.41) is 0. The number of nitrogens with zero attached hydrogens (tertiary/aromatic N) is 2. The van der Waals surface area contributed by atoms with Crippen molar-refractivity contribution in [2.75, 3.05) is 33.7 Å². The van der Waals surface area contributed by atoms with E-state index in [0.29, 0.717) is 12.1 Å². The Morgan fingerprint density at radius 1 is 1.00 bits per heavy atom. The number of likely N-dealkylation sites (N-methyl/N-ethyl adjacent to an activating group) is 2. The molecule has 0 aromatic carbocycles. The van der Waals surface area contributed by atoms with Gasteiger partial charge in [-0.2, -0.15) is 0 Å². The molecular weight excluding hydrogens is 234 g/mol. The molecule has 0 aliphatic rings. The van der Waals surface area contributed by atoms with Gasteiger partial charge in [0.25, 0.3) is 0 Å². The first kappa shape index (κ1) is 18.9. The van der Waals surface area contributed by atoms with E-state index < -0.39 is 0 Å². The summed E-state index contributed by atoms with van der Waals surface area (Å²) in [4.78, 5) is 4.85. The quantitative estimate of drug-likeness (QED) is 0.554. The molecular formula is C16H37N3. The van der Waals surface area contributed by atoms with Gasteiger partial charge in [0, 0.05) is 25.2 Å². The Hall–Kier alpha value is -0.120. The molecule has 0 aromatic heterocycles. The minimum atomic E-state index is 0.557. The molecule has 0 bridgehead atoms. The summed E-state index contributed by atoms with van der Waals surface area (Å²) in [6.45, 7) is 9.85. The topological polar surface area (TPSA) is 32.5 Å². The fourth-order valence-electron chi connectivity index (χ4n) is 2.97. The van der Waals surface area contributed by atoms with E-state index in [9.17, 15) is 0 Å². The van der Waals surface area contributed by atoms with Crippen LogP contribution in [0.3, 0.4) is 0 Å². The van der Waals surface area contributed by atoms with Crippen molar-refractivity contribution >= 4 is 0 Å². The molecule has 3 heteroatoms.